The number of hydrogen-bond donors (Lipinski definition) is 1. The highest BCUT2D eigenvalue weighted by Gasteiger charge is 2.12. The van der Waals surface area contributed by atoms with Crippen LogP contribution in [0, 0.1) is 0 Å². The fraction of sp³-hybridized carbons (Fsp3) is 0.250. The molecule has 0 fully saturated rings. The summed E-state index contributed by atoms with van der Waals surface area (Å²) < 4.78 is 0. The first-order chi connectivity index (χ1) is 9.20. The Morgan fingerprint density at radius 3 is 2.47 bits per heavy atom. The molecule has 1 nitrogen and oxygen atoms in total. The number of benzene rings is 2. The first-order valence-corrected chi connectivity index (χ1v) is 7.23. The monoisotopic (exact) mass is 293 g/mol. The zero-order chi connectivity index (χ0) is 13.7. The van der Waals surface area contributed by atoms with Crippen molar-refractivity contribution < 1.29 is 0 Å². The lowest BCUT2D eigenvalue weighted by molar-refractivity contribution is 0.678. The first-order valence-electron chi connectivity index (χ1n) is 6.47. The van der Waals surface area contributed by atoms with Crippen LogP contribution in [-0.4, -0.2) is 0 Å². The van der Waals surface area contributed by atoms with Crippen LogP contribution in [0.25, 0.3) is 0 Å². The predicted molar refractivity (Wildman–Crippen MR) is 84.2 cm³/mol. The third-order valence-electron chi connectivity index (χ3n) is 3.04. The smallest absolute Gasteiger partial charge is 0.0638 e. The molecule has 0 bridgehead atoms. The largest absolute Gasteiger partial charge is 0.377 e. The molecule has 2 rings (SSSR count). The van der Waals surface area contributed by atoms with Gasteiger partial charge in [0.15, 0.2) is 0 Å². The molecule has 3 heteroatoms. The molecule has 19 heavy (non-hydrogen) atoms. The van der Waals surface area contributed by atoms with E-state index < -0.39 is 0 Å². The van der Waals surface area contributed by atoms with Gasteiger partial charge in [-0.25, -0.2) is 0 Å². The maximum Gasteiger partial charge on any atom is 0.0638 e. The molecule has 0 aliphatic rings. The van der Waals surface area contributed by atoms with Gasteiger partial charge >= 0.3 is 0 Å². The third kappa shape index (κ3) is 3.89. The Kier molecular flexibility index (Phi) is 5.12. The quantitative estimate of drug-likeness (QED) is 0.718. The van der Waals surface area contributed by atoms with Crippen LogP contribution >= 0.6 is 23.2 Å². The van der Waals surface area contributed by atoms with Gasteiger partial charge in [-0.15, -0.1) is 0 Å². The molecule has 2 aromatic carbocycles. The highest BCUT2D eigenvalue weighted by Crippen LogP contribution is 2.30. The number of rotatable bonds is 5. The van der Waals surface area contributed by atoms with E-state index in [1.165, 1.54) is 5.56 Å². The molecule has 1 unspecified atom stereocenters. The van der Waals surface area contributed by atoms with Crippen molar-refractivity contribution >= 4 is 28.9 Å². The van der Waals surface area contributed by atoms with Crippen molar-refractivity contribution in [3.8, 4) is 0 Å². The Morgan fingerprint density at radius 1 is 1.05 bits per heavy atom. The molecule has 2 aromatic rings. The summed E-state index contributed by atoms with van der Waals surface area (Å²) in [5.41, 5.74) is 2.15. The van der Waals surface area contributed by atoms with Gasteiger partial charge in [0, 0.05) is 5.02 Å². The van der Waals surface area contributed by atoms with Gasteiger partial charge in [-0.1, -0.05) is 66.9 Å². The molecule has 0 spiro atoms. The zero-order valence-corrected chi connectivity index (χ0v) is 12.4. The molecule has 0 amide bonds. The van der Waals surface area contributed by atoms with Crippen LogP contribution in [0.15, 0.2) is 48.5 Å². The summed E-state index contributed by atoms with van der Waals surface area (Å²) in [5, 5.41) is 4.87. The molecule has 1 atom stereocenters. The average molecular weight is 294 g/mol. The fourth-order valence-electron chi connectivity index (χ4n) is 2.09. The summed E-state index contributed by atoms with van der Waals surface area (Å²) in [7, 11) is 0. The van der Waals surface area contributed by atoms with Crippen molar-refractivity contribution in [3.05, 3.63) is 64.1 Å². The molecule has 0 saturated heterocycles. The molecule has 100 valence electrons. The third-order valence-corrected chi connectivity index (χ3v) is 3.60. The lowest BCUT2D eigenvalue weighted by Gasteiger charge is -2.21. The van der Waals surface area contributed by atoms with Gasteiger partial charge < -0.3 is 5.32 Å². The standard InChI is InChI=1S/C16H17Cl2N/c1-2-6-15(12-7-4-3-5-8-12)19-16-11-13(17)9-10-14(16)18/h3-5,7-11,15,19H,2,6H2,1H3. The van der Waals surface area contributed by atoms with E-state index in [9.17, 15) is 0 Å². The summed E-state index contributed by atoms with van der Waals surface area (Å²) in [6.45, 7) is 2.18. The number of hydrogen-bond acceptors (Lipinski definition) is 1. The molecule has 0 heterocycles. The lowest BCUT2D eigenvalue weighted by Crippen LogP contribution is -2.10. The van der Waals surface area contributed by atoms with Crippen molar-refractivity contribution in [1.82, 2.24) is 0 Å². The second-order valence-electron chi connectivity index (χ2n) is 4.52. The Morgan fingerprint density at radius 2 is 1.79 bits per heavy atom. The number of anilines is 1. The van der Waals surface area contributed by atoms with Crippen LogP contribution < -0.4 is 5.32 Å². The second kappa shape index (κ2) is 6.83. The van der Waals surface area contributed by atoms with E-state index in [0.29, 0.717) is 10.0 Å². The van der Waals surface area contributed by atoms with Gasteiger partial charge in [0.05, 0.1) is 16.8 Å². The van der Waals surface area contributed by atoms with Crippen LogP contribution in [0.3, 0.4) is 0 Å². The van der Waals surface area contributed by atoms with Crippen LogP contribution in [0.4, 0.5) is 5.69 Å². The lowest BCUT2D eigenvalue weighted by atomic mass is 10.0. The fourth-order valence-corrected chi connectivity index (χ4v) is 2.44. The molecule has 1 N–H and O–H groups in total. The topological polar surface area (TPSA) is 12.0 Å². The van der Waals surface area contributed by atoms with E-state index in [0.717, 1.165) is 18.5 Å². The van der Waals surface area contributed by atoms with E-state index in [2.05, 4.69) is 36.5 Å². The van der Waals surface area contributed by atoms with Crippen molar-refractivity contribution in [3.63, 3.8) is 0 Å². The molecule has 0 aliphatic carbocycles. The summed E-state index contributed by atoms with van der Waals surface area (Å²) in [6.07, 6.45) is 2.15. The molecular formula is C16H17Cl2N. The maximum absolute atomic E-state index is 6.21. The highest BCUT2D eigenvalue weighted by atomic mass is 35.5. The Hall–Kier alpha value is -1.18. The Labute approximate surface area is 124 Å². The molecular weight excluding hydrogens is 277 g/mol. The molecule has 0 aromatic heterocycles. The van der Waals surface area contributed by atoms with Gasteiger partial charge in [0.25, 0.3) is 0 Å². The second-order valence-corrected chi connectivity index (χ2v) is 5.36. The first kappa shape index (κ1) is 14.2. The minimum atomic E-state index is 0.252. The van der Waals surface area contributed by atoms with E-state index in [1.54, 1.807) is 6.07 Å². The SMILES string of the molecule is CCCC(Nc1cc(Cl)ccc1Cl)c1ccccc1. The highest BCUT2D eigenvalue weighted by molar-refractivity contribution is 6.35. The van der Waals surface area contributed by atoms with Crippen molar-refractivity contribution in [2.45, 2.75) is 25.8 Å². The van der Waals surface area contributed by atoms with Gasteiger partial charge in [-0.3, -0.25) is 0 Å². The van der Waals surface area contributed by atoms with Gasteiger partial charge in [0.1, 0.15) is 0 Å². The number of nitrogens with one attached hydrogen (secondary N) is 1. The van der Waals surface area contributed by atoms with Gasteiger partial charge in [0.2, 0.25) is 0 Å². The normalized spacial score (nSPS) is 12.2. The van der Waals surface area contributed by atoms with Crippen molar-refractivity contribution in [2.75, 3.05) is 5.32 Å². The molecule has 0 radical (unpaired) electrons. The average Bonchev–Trinajstić information content (AvgIpc) is 2.43. The number of halogens is 2. The van der Waals surface area contributed by atoms with E-state index in [-0.39, 0.29) is 6.04 Å². The van der Waals surface area contributed by atoms with Crippen molar-refractivity contribution in [1.29, 1.82) is 0 Å². The Bertz CT molecular complexity index is 526. The van der Waals surface area contributed by atoms with E-state index in [1.807, 2.05) is 18.2 Å². The van der Waals surface area contributed by atoms with E-state index >= 15 is 0 Å². The molecule has 0 aliphatic heterocycles. The van der Waals surface area contributed by atoms with Gasteiger partial charge in [-0.05, 0) is 30.2 Å². The van der Waals surface area contributed by atoms with Crippen LogP contribution in [0.2, 0.25) is 10.0 Å². The van der Waals surface area contributed by atoms with E-state index in [4.69, 9.17) is 23.2 Å². The minimum Gasteiger partial charge on any atom is -0.377 e. The van der Waals surface area contributed by atoms with Crippen LogP contribution in [0.1, 0.15) is 31.4 Å². The van der Waals surface area contributed by atoms with Crippen LogP contribution in [-0.2, 0) is 0 Å². The van der Waals surface area contributed by atoms with Crippen molar-refractivity contribution in [2.24, 2.45) is 0 Å². The summed E-state index contributed by atoms with van der Waals surface area (Å²) in [6, 6.07) is 16.1. The van der Waals surface area contributed by atoms with Crippen LogP contribution in [0.5, 0.6) is 0 Å². The predicted octanol–water partition coefficient (Wildman–Crippen LogP) is 5.95. The maximum atomic E-state index is 6.21. The minimum absolute atomic E-state index is 0.252. The zero-order valence-electron chi connectivity index (χ0n) is 10.9. The molecule has 0 saturated carbocycles. The Balaban J connectivity index is 2.24. The summed E-state index contributed by atoms with van der Waals surface area (Å²) in [4.78, 5) is 0. The van der Waals surface area contributed by atoms with Gasteiger partial charge in [-0.2, -0.15) is 0 Å². The summed E-state index contributed by atoms with van der Waals surface area (Å²) in [5.74, 6) is 0. The summed E-state index contributed by atoms with van der Waals surface area (Å²) >= 11 is 12.2.